The number of carbonyl (C=O) groups excluding carboxylic acids is 2. The molecule has 0 saturated heterocycles. The largest absolute Gasteiger partial charge is 0.493 e. The summed E-state index contributed by atoms with van der Waals surface area (Å²) in [5, 5.41) is 5.95. The first-order valence-electron chi connectivity index (χ1n) is 8.77. The summed E-state index contributed by atoms with van der Waals surface area (Å²) >= 11 is 2.81. The fourth-order valence-electron chi connectivity index (χ4n) is 2.78. The van der Waals surface area contributed by atoms with Crippen molar-refractivity contribution >= 4 is 39.5 Å². The number of carbonyl (C=O) groups is 2. The predicted octanol–water partition coefficient (Wildman–Crippen LogP) is 4.17. The van der Waals surface area contributed by atoms with Crippen LogP contribution in [0.4, 0.5) is 5.00 Å². The monoisotopic (exact) mass is 415 g/mol. The van der Waals surface area contributed by atoms with Gasteiger partial charge in [0.15, 0.2) is 0 Å². The fourth-order valence-corrected chi connectivity index (χ4v) is 4.71. The molecule has 1 aromatic carbocycles. The van der Waals surface area contributed by atoms with Gasteiger partial charge < -0.3 is 15.8 Å². The highest BCUT2D eigenvalue weighted by Gasteiger charge is 2.19. The Bertz CT molecular complexity index is 1020. The third-order valence-corrected chi connectivity index (χ3v) is 6.24. The van der Waals surface area contributed by atoms with Crippen LogP contribution >= 0.6 is 22.7 Å². The normalized spacial score (nSPS) is 10.7. The van der Waals surface area contributed by atoms with Crippen LogP contribution in [0.2, 0.25) is 0 Å². The van der Waals surface area contributed by atoms with E-state index in [9.17, 15) is 9.59 Å². The van der Waals surface area contributed by atoms with Crippen molar-refractivity contribution in [3.05, 3.63) is 51.3 Å². The van der Waals surface area contributed by atoms with Gasteiger partial charge in [0.1, 0.15) is 15.8 Å². The summed E-state index contributed by atoms with van der Waals surface area (Å²) in [4.78, 5) is 29.7. The molecule has 2 heterocycles. The third kappa shape index (κ3) is 4.23. The molecule has 6 nitrogen and oxygen atoms in total. The van der Waals surface area contributed by atoms with Crippen LogP contribution in [0.1, 0.15) is 33.4 Å². The van der Waals surface area contributed by atoms with Crippen molar-refractivity contribution in [2.75, 3.05) is 11.9 Å². The second kappa shape index (κ2) is 8.53. The maximum atomic E-state index is 12.5. The molecule has 0 fully saturated rings. The number of benzene rings is 1. The number of nitrogens with two attached hydrogens (primary N) is 1. The maximum absolute atomic E-state index is 12.5. The highest BCUT2D eigenvalue weighted by Crippen LogP contribution is 2.33. The topological polar surface area (TPSA) is 94.3 Å². The lowest BCUT2D eigenvalue weighted by Crippen LogP contribution is -2.18. The Morgan fingerprint density at radius 1 is 1.25 bits per heavy atom. The second-order valence-electron chi connectivity index (χ2n) is 6.15. The Morgan fingerprint density at radius 3 is 2.71 bits per heavy atom. The van der Waals surface area contributed by atoms with Crippen molar-refractivity contribution in [2.24, 2.45) is 5.73 Å². The van der Waals surface area contributed by atoms with Crippen LogP contribution in [-0.4, -0.2) is 23.4 Å². The lowest BCUT2D eigenvalue weighted by molar-refractivity contribution is -0.115. The van der Waals surface area contributed by atoms with Gasteiger partial charge >= 0.3 is 0 Å². The van der Waals surface area contributed by atoms with Crippen molar-refractivity contribution in [1.29, 1.82) is 0 Å². The van der Waals surface area contributed by atoms with Gasteiger partial charge in [0.2, 0.25) is 5.91 Å². The van der Waals surface area contributed by atoms with E-state index >= 15 is 0 Å². The molecule has 0 aliphatic heterocycles. The van der Waals surface area contributed by atoms with Crippen molar-refractivity contribution in [3.8, 4) is 16.3 Å². The SMILES string of the molecule is CCOc1ccccc1-c1nc(CC(=O)Nc2sc(C)c(C)c2C(N)=O)cs1. The molecule has 3 aromatic rings. The first-order chi connectivity index (χ1) is 13.4. The van der Waals surface area contributed by atoms with Gasteiger partial charge in [0.25, 0.3) is 5.91 Å². The first kappa shape index (κ1) is 20.0. The van der Waals surface area contributed by atoms with E-state index in [-0.39, 0.29) is 12.3 Å². The molecule has 8 heteroatoms. The van der Waals surface area contributed by atoms with Crippen LogP contribution in [0.15, 0.2) is 29.6 Å². The molecule has 0 saturated carbocycles. The number of hydrogen-bond donors (Lipinski definition) is 2. The molecule has 0 aliphatic rings. The molecule has 0 atom stereocenters. The second-order valence-corrected chi connectivity index (χ2v) is 8.23. The molecule has 28 heavy (non-hydrogen) atoms. The number of aromatic nitrogens is 1. The molecule has 0 radical (unpaired) electrons. The number of para-hydroxylation sites is 1. The number of primary amides is 1. The smallest absolute Gasteiger partial charge is 0.251 e. The summed E-state index contributed by atoms with van der Waals surface area (Å²) < 4.78 is 5.65. The van der Waals surface area contributed by atoms with E-state index in [2.05, 4.69) is 10.3 Å². The summed E-state index contributed by atoms with van der Waals surface area (Å²) in [6.45, 7) is 6.22. The zero-order valence-corrected chi connectivity index (χ0v) is 17.5. The van der Waals surface area contributed by atoms with Gasteiger partial charge in [-0.15, -0.1) is 22.7 Å². The molecule has 146 valence electrons. The first-order valence-corrected chi connectivity index (χ1v) is 10.5. The van der Waals surface area contributed by atoms with Gasteiger partial charge in [-0.05, 0) is 38.5 Å². The molecule has 3 N–H and O–H groups in total. The zero-order chi connectivity index (χ0) is 20.3. The van der Waals surface area contributed by atoms with E-state index in [0.29, 0.717) is 22.9 Å². The summed E-state index contributed by atoms with van der Waals surface area (Å²) in [5.74, 6) is -0.00898. The molecule has 2 amide bonds. The number of hydrogen-bond acceptors (Lipinski definition) is 6. The molecular weight excluding hydrogens is 394 g/mol. The lowest BCUT2D eigenvalue weighted by Gasteiger charge is -2.07. The highest BCUT2D eigenvalue weighted by molar-refractivity contribution is 7.16. The highest BCUT2D eigenvalue weighted by atomic mass is 32.1. The van der Waals surface area contributed by atoms with Crippen molar-refractivity contribution < 1.29 is 14.3 Å². The minimum atomic E-state index is -0.541. The minimum Gasteiger partial charge on any atom is -0.493 e. The van der Waals surface area contributed by atoms with Crippen LogP contribution < -0.4 is 15.8 Å². The van der Waals surface area contributed by atoms with Crippen molar-refractivity contribution in [2.45, 2.75) is 27.2 Å². The van der Waals surface area contributed by atoms with Gasteiger partial charge in [-0.25, -0.2) is 4.98 Å². The van der Waals surface area contributed by atoms with E-state index in [1.54, 1.807) is 0 Å². The number of thiazole rings is 1. The minimum absolute atomic E-state index is 0.113. The number of amides is 2. The summed E-state index contributed by atoms with van der Waals surface area (Å²) in [6, 6.07) is 7.69. The van der Waals surface area contributed by atoms with Gasteiger partial charge in [-0.1, -0.05) is 12.1 Å². The Balaban J connectivity index is 1.75. The molecule has 0 unspecified atom stereocenters. The van der Waals surface area contributed by atoms with Gasteiger partial charge in [0.05, 0.1) is 29.8 Å². The fraction of sp³-hybridized carbons (Fsp3) is 0.250. The number of anilines is 1. The van der Waals surface area contributed by atoms with E-state index in [0.717, 1.165) is 26.8 Å². The zero-order valence-electron chi connectivity index (χ0n) is 15.9. The average molecular weight is 416 g/mol. The predicted molar refractivity (Wildman–Crippen MR) is 113 cm³/mol. The Kier molecular flexibility index (Phi) is 6.11. The number of ether oxygens (including phenoxy) is 1. The van der Waals surface area contributed by atoms with Crippen LogP contribution in [-0.2, 0) is 11.2 Å². The van der Waals surface area contributed by atoms with Gasteiger partial charge in [-0.3, -0.25) is 9.59 Å². The molecule has 0 bridgehead atoms. The van der Waals surface area contributed by atoms with E-state index < -0.39 is 5.91 Å². The number of nitrogens with one attached hydrogen (secondary N) is 1. The average Bonchev–Trinajstić information content (AvgIpc) is 3.20. The Hall–Kier alpha value is -2.71. The van der Waals surface area contributed by atoms with Crippen LogP contribution in [0.3, 0.4) is 0 Å². The summed E-state index contributed by atoms with van der Waals surface area (Å²) in [6.07, 6.45) is 0.113. The van der Waals surface area contributed by atoms with Gasteiger partial charge in [0, 0.05) is 10.3 Å². The number of thiophene rings is 1. The maximum Gasteiger partial charge on any atom is 0.251 e. The summed E-state index contributed by atoms with van der Waals surface area (Å²) in [7, 11) is 0. The Labute approximate surface area is 171 Å². The lowest BCUT2D eigenvalue weighted by atomic mass is 10.1. The van der Waals surface area contributed by atoms with Crippen LogP contribution in [0.25, 0.3) is 10.6 Å². The number of nitrogens with zero attached hydrogens (tertiary/aromatic N) is 1. The van der Waals surface area contributed by atoms with Crippen LogP contribution in [0, 0.1) is 13.8 Å². The third-order valence-electron chi connectivity index (χ3n) is 4.20. The molecule has 2 aromatic heterocycles. The number of aryl methyl sites for hydroxylation is 1. The van der Waals surface area contributed by atoms with Gasteiger partial charge in [-0.2, -0.15) is 0 Å². The summed E-state index contributed by atoms with van der Waals surface area (Å²) in [5.41, 5.74) is 8.20. The van der Waals surface area contributed by atoms with E-state index in [4.69, 9.17) is 10.5 Å². The molecule has 0 aliphatic carbocycles. The van der Waals surface area contributed by atoms with E-state index in [1.165, 1.54) is 22.7 Å². The van der Waals surface area contributed by atoms with Crippen LogP contribution in [0.5, 0.6) is 5.75 Å². The van der Waals surface area contributed by atoms with Crippen molar-refractivity contribution in [3.63, 3.8) is 0 Å². The standard InChI is InChI=1S/C20H21N3O3S2/c1-4-26-15-8-6-5-7-14(15)19-22-13(10-27-19)9-16(24)23-20-17(18(21)25)11(2)12(3)28-20/h5-8,10H,4,9H2,1-3H3,(H2,21,25)(H,23,24). The van der Waals surface area contributed by atoms with E-state index in [1.807, 2.05) is 50.4 Å². The molecule has 3 rings (SSSR count). The molecular formula is C20H21N3O3S2. The quantitative estimate of drug-likeness (QED) is 0.606. The Morgan fingerprint density at radius 2 is 2.00 bits per heavy atom. The molecule has 0 spiro atoms. The van der Waals surface area contributed by atoms with Crippen molar-refractivity contribution in [1.82, 2.24) is 4.98 Å². The number of rotatable bonds is 7.